The predicted molar refractivity (Wildman–Crippen MR) is 65.1 cm³/mol. The molecule has 2 rings (SSSR count). The number of piperidine rings is 1. The molecule has 0 spiro atoms. The molecular weight excluding hydrogens is 234 g/mol. The molecule has 1 atom stereocenters. The molecule has 1 unspecified atom stereocenters. The third kappa shape index (κ3) is 2.00. The van der Waals surface area contributed by atoms with Crippen LogP contribution in [0.2, 0.25) is 0 Å². The molecule has 1 amide bonds. The number of rotatable bonds is 3. The maximum absolute atomic E-state index is 12.4. The zero-order chi connectivity index (χ0) is 13.4. The molecule has 1 N–H and O–H groups in total. The molecule has 0 aromatic rings. The highest BCUT2D eigenvalue weighted by Crippen LogP contribution is 2.43. The van der Waals surface area contributed by atoms with Gasteiger partial charge < -0.3 is 14.7 Å². The Balaban J connectivity index is 2.11. The summed E-state index contributed by atoms with van der Waals surface area (Å²) in [6.45, 7) is 3.12. The van der Waals surface area contributed by atoms with Gasteiger partial charge in [0.05, 0.1) is 5.60 Å². The number of aliphatic carboxylic acids is 1. The van der Waals surface area contributed by atoms with Crippen LogP contribution in [0.3, 0.4) is 0 Å². The molecule has 0 aromatic heterocycles. The van der Waals surface area contributed by atoms with E-state index in [1.54, 1.807) is 12.0 Å². The molecule has 2 fully saturated rings. The Hall–Kier alpha value is -1.10. The van der Waals surface area contributed by atoms with Gasteiger partial charge in [-0.25, -0.2) is 0 Å². The highest BCUT2D eigenvalue weighted by Gasteiger charge is 2.53. The van der Waals surface area contributed by atoms with Crippen molar-refractivity contribution in [2.75, 3.05) is 20.2 Å². The van der Waals surface area contributed by atoms with Gasteiger partial charge in [-0.1, -0.05) is 6.42 Å². The summed E-state index contributed by atoms with van der Waals surface area (Å²) in [7, 11) is 1.64. The van der Waals surface area contributed by atoms with Crippen LogP contribution in [0.1, 0.15) is 39.0 Å². The van der Waals surface area contributed by atoms with E-state index >= 15 is 0 Å². The van der Waals surface area contributed by atoms with Crippen LogP contribution in [0.5, 0.6) is 0 Å². The fourth-order valence-corrected chi connectivity index (χ4v) is 2.90. The lowest BCUT2D eigenvalue weighted by atomic mass is 9.67. The molecule has 0 aromatic carbocycles. The van der Waals surface area contributed by atoms with Gasteiger partial charge in [0.1, 0.15) is 5.41 Å². The molecule has 1 heterocycles. The highest BCUT2D eigenvalue weighted by atomic mass is 16.5. The van der Waals surface area contributed by atoms with Crippen molar-refractivity contribution >= 4 is 11.9 Å². The van der Waals surface area contributed by atoms with Crippen LogP contribution in [0.15, 0.2) is 0 Å². The number of carbonyl (C=O) groups excluding carboxylic acids is 1. The summed E-state index contributed by atoms with van der Waals surface area (Å²) in [4.78, 5) is 25.5. The van der Waals surface area contributed by atoms with Crippen molar-refractivity contribution < 1.29 is 19.4 Å². The van der Waals surface area contributed by atoms with Crippen molar-refractivity contribution in [2.45, 2.75) is 44.6 Å². The second kappa shape index (κ2) is 4.53. The summed E-state index contributed by atoms with van der Waals surface area (Å²) in [5.41, 5.74) is -1.48. The van der Waals surface area contributed by atoms with E-state index in [-0.39, 0.29) is 11.5 Å². The van der Waals surface area contributed by atoms with Gasteiger partial charge in [0.25, 0.3) is 0 Å². The molecule has 102 valence electrons. The van der Waals surface area contributed by atoms with E-state index < -0.39 is 11.4 Å². The summed E-state index contributed by atoms with van der Waals surface area (Å²) >= 11 is 0. The normalized spacial score (nSPS) is 30.7. The molecule has 1 aliphatic carbocycles. The first-order valence-electron chi connectivity index (χ1n) is 6.51. The first-order valence-corrected chi connectivity index (χ1v) is 6.51. The fraction of sp³-hybridized carbons (Fsp3) is 0.846. The largest absolute Gasteiger partial charge is 0.480 e. The molecule has 0 bridgehead atoms. The van der Waals surface area contributed by atoms with E-state index in [4.69, 9.17) is 4.74 Å². The van der Waals surface area contributed by atoms with Gasteiger partial charge >= 0.3 is 5.97 Å². The van der Waals surface area contributed by atoms with Gasteiger partial charge in [-0.2, -0.15) is 0 Å². The van der Waals surface area contributed by atoms with Crippen molar-refractivity contribution in [3.05, 3.63) is 0 Å². The monoisotopic (exact) mass is 255 g/mol. The Morgan fingerprint density at radius 1 is 1.22 bits per heavy atom. The van der Waals surface area contributed by atoms with Gasteiger partial charge in [-0.15, -0.1) is 0 Å². The summed E-state index contributed by atoms with van der Waals surface area (Å²) in [5, 5.41) is 9.29. The molecule has 1 saturated carbocycles. The van der Waals surface area contributed by atoms with E-state index in [1.807, 2.05) is 6.92 Å². The van der Waals surface area contributed by atoms with Gasteiger partial charge in [0, 0.05) is 20.2 Å². The maximum atomic E-state index is 12.4. The first-order chi connectivity index (χ1) is 8.43. The lowest BCUT2D eigenvalue weighted by Crippen LogP contribution is -2.58. The highest BCUT2D eigenvalue weighted by molar-refractivity contribution is 6.02. The number of methoxy groups -OCH3 is 1. The molecular formula is C13H21NO4. The fourth-order valence-electron chi connectivity index (χ4n) is 2.90. The summed E-state index contributed by atoms with van der Waals surface area (Å²) in [6, 6.07) is 0. The van der Waals surface area contributed by atoms with Gasteiger partial charge in [-0.05, 0) is 32.6 Å². The number of nitrogens with zero attached hydrogens (tertiary/aromatic N) is 1. The quantitative estimate of drug-likeness (QED) is 0.771. The second-order valence-corrected chi connectivity index (χ2v) is 5.73. The predicted octanol–water partition coefficient (Wildman–Crippen LogP) is 1.27. The lowest BCUT2D eigenvalue weighted by molar-refractivity contribution is -0.171. The van der Waals surface area contributed by atoms with Crippen molar-refractivity contribution in [2.24, 2.45) is 5.41 Å². The van der Waals surface area contributed by atoms with Crippen molar-refractivity contribution in [1.82, 2.24) is 4.90 Å². The van der Waals surface area contributed by atoms with Gasteiger partial charge in [0.15, 0.2) is 0 Å². The average Bonchev–Trinajstić information content (AvgIpc) is 2.27. The molecule has 18 heavy (non-hydrogen) atoms. The number of hydrogen-bond acceptors (Lipinski definition) is 3. The smallest absolute Gasteiger partial charge is 0.319 e. The Kier molecular flexibility index (Phi) is 3.36. The SMILES string of the molecule is COC1(C)CCCN(C(=O)C2(C(=O)O)CCC2)C1. The van der Waals surface area contributed by atoms with E-state index in [1.165, 1.54) is 0 Å². The number of ether oxygens (including phenoxy) is 1. The molecule has 1 saturated heterocycles. The molecule has 5 nitrogen and oxygen atoms in total. The Morgan fingerprint density at radius 2 is 1.89 bits per heavy atom. The maximum Gasteiger partial charge on any atom is 0.319 e. The number of carboxylic acids is 1. The van der Waals surface area contributed by atoms with Crippen LogP contribution >= 0.6 is 0 Å². The van der Waals surface area contributed by atoms with Crippen LogP contribution in [0.4, 0.5) is 0 Å². The Labute approximate surface area is 107 Å². The number of amides is 1. The third-order valence-corrected chi connectivity index (χ3v) is 4.46. The summed E-state index contributed by atoms with van der Waals surface area (Å²) in [5.74, 6) is -1.19. The van der Waals surface area contributed by atoms with E-state index in [9.17, 15) is 14.7 Å². The van der Waals surface area contributed by atoms with Crippen LogP contribution in [-0.4, -0.2) is 47.7 Å². The summed E-state index contributed by atoms with van der Waals surface area (Å²) in [6.07, 6.45) is 3.55. The minimum absolute atomic E-state index is 0.218. The van der Waals surface area contributed by atoms with Crippen LogP contribution in [0.25, 0.3) is 0 Å². The van der Waals surface area contributed by atoms with Crippen LogP contribution in [0, 0.1) is 5.41 Å². The zero-order valence-corrected chi connectivity index (χ0v) is 11.1. The number of carbonyl (C=O) groups is 2. The lowest BCUT2D eigenvalue weighted by Gasteiger charge is -2.45. The second-order valence-electron chi connectivity index (χ2n) is 5.73. The Morgan fingerprint density at radius 3 is 2.33 bits per heavy atom. The molecule has 5 heteroatoms. The first kappa shape index (κ1) is 13.3. The number of likely N-dealkylation sites (tertiary alicyclic amines) is 1. The number of carboxylic acid groups (broad SMARTS) is 1. The van der Waals surface area contributed by atoms with Crippen LogP contribution in [-0.2, 0) is 14.3 Å². The third-order valence-electron chi connectivity index (χ3n) is 4.46. The van der Waals surface area contributed by atoms with Crippen molar-refractivity contribution in [3.8, 4) is 0 Å². The molecule has 2 aliphatic rings. The minimum Gasteiger partial charge on any atom is -0.480 e. The van der Waals surface area contributed by atoms with Crippen LogP contribution < -0.4 is 0 Å². The Bertz CT molecular complexity index is 364. The molecule has 1 aliphatic heterocycles. The minimum atomic E-state index is -1.15. The van der Waals surface area contributed by atoms with E-state index in [0.717, 1.165) is 19.3 Å². The van der Waals surface area contributed by atoms with Crippen molar-refractivity contribution in [1.29, 1.82) is 0 Å². The van der Waals surface area contributed by atoms with Crippen molar-refractivity contribution in [3.63, 3.8) is 0 Å². The average molecular weight is 255 g/mol. The van der Waals surface area contributed by atoms with E-state index in [2.05, 4.69) is 0 Å². The standard InChI is InChI=1S/C13H21NO4/c1-12(18-2)5-4-8-14(9-12)10(15)13(11(16)17)6-3-7-13/h3-9H2,1-2H3,(H,16,17). The van der Waals surface area contributed by atoms with Gasteiger partial charge in [0.2, 0.25) is 5.91 Å². The summed E-state index contributed by atoms with van der Waals surface area (Å²) < 4.78 is 5.44. The number of hydrogen-bond donors (Lipinski definition) is 1. The van der Waals surface area contributed by atoms with E-state index in [0.29, 0.717) is 25.9 Å². The topological polar surface area (TPSA) is 66.8 Å². The molecule has 0 radical (unpaired) electrons. The zero-order valence-electron chi connectivity index (χ0n) is 11.1. The van der Waals surface area contributed by atoms with Gasteiger partial charge in [-0.3, -0.25) is 9.59 Å².